The van der Waals surface area contributed by atoms with E-state index >= 15 is 0 Å². The highest BCUT2D eigenvalue weighted by atomic mass is 127. The van der Waals surface area contributed by atoms with Crippen molar-refractivity contribution in [2.45, 2.75) is 38.6 Å². The van der Waals surface area contributed by atoms with Gasteiger partial charge in [-0.1, -0.05) is 31.9 Å². The van der Waals surface area contributed by atoms with Gasteiger partial charge in [0.15, 0.2) is 0 Å². The first-order chi connectivity index (χ1) is 8.66. The van der Waals surface area contributed by atoms with Crippen molar-refractivity contribution >= 4 is 34.3 Å². The van der Waals surface area contributed by atoms with E-state index in [1.807, 2.05) is 24.3 Å². The van der Waals surface area contributed by atoms with Crippen LogP contribution in [-0.4, -0.2) is 12.1 Å². The van der Waals surface area contributed by atoms with Crippen LogP contribution in [0.4, 0.5) is 10.5 Å². The van der Waals surface area contributed by atoms with Crippen molar-refractivity contribution in [2.24, 2.45) is 5.92 Å². The molecule has 98 valence electrons. The third-order valence-corrected chi connectivity index (χ3v) is 4.49. The monoisotopic (exact) mass is 358 g/mol. The van der Waals surface area contributed by atoms with Gasteiger partial charge in [0.1, 0.15) is 0 Å². The Morgan fingerprint density at radius 1 is 1.28 bits per heavy atom. The Bertz CT molecular complexity index is 422. The van der Waals surface area contributed by atoms with E-state index in [9.17, 15) is 4.79 Å². The third kappa shape index (κ3) is 3.60. The number of halogens is 1. The van der Waals surface area contributed by atoms with E-state index in [0.29, 0.717) is 12.0 Å². The summed E-state index contributed by atoms with van der Waals surface area (Å²) in [6.07, 6.45) is 4.82. The van der Waals surface area contributed by atoms with Crippen LogP contribution >= 0.6 is 22.6 Å². The lowest BCUT2D eigenvalue weighted by atomic mass is 9.86. The number of nitrogens with one attached hydrogen (secondary N) is 2. The molecule has 0 saturated heterocycles. The molecular weight excluding hydrogens is 339 g/mol. The van der Waals surface area contributed by atoms with Crippen LogP contribution in [0.5, 0.6) is 0 Å². The summed E-state index contributed by atoms with van der Waals surface area (Å²) in [6, 6.07) is 8.04. The minimum absolute atomic E-state index is 0.0853. The number of anilines is 1. The summed E-state index contributed by atoms with van der Waals surface area (Å²) in [5.74, 6) is 0.583. The first-order valence-electron chi connectivity index (χ1n) is 6.49. The Kier molecular flexibility index (Phi) is 4.86. The van der Waals surface area contributed by atoms with E-state index < -0.39 is 0 Å². The number of amides is 2. The second-order valence-corrected chi connectivity index (χ2v) is 6.11. The molecule has 2 rings (SSSR count). The Labute approximate surface area is 122 Å². The normalized spacial score (nSPS) is 23.4. The summed E-state index contributed by atoms with van der Waals surface area (Å²) in [4.78, 5) is 12.0. The molecule has 0 aromatic heterocycles. The van der Waals surface area contributed by atoms with Crippen molar-refractivity contribution < 1.29 is 4.79 Å². The van der Waals surface area contributed by atoms with Crippen LogP contribution in [0.25, 0.3) is 0 Å². The van der Waals surface area contributed by atoms with Crippen molar-refractivity contribution in [1.82, 2.24) is 5.32 Å². The molecule has 2 unspecified atom stereocenters. The first kappa shape index (κ1) is 13.6. The molecule has 2 N–H and O–H groups in total. The van der Waals surface area contributed by atoms with E-state index in [1.165, 1.54) is 19.3 Å². The Morgan fingerprint density at radius 3 is 2.72 bits per heavy atom. The number of urea groups is 1. The molecule has 1 fully saturated rings. The quantitative estimate of drug-likeness (QED) is 0.772. The maximum Gasteiger partial charge on any atom is 0.319 e. The van der Waals surface area contributed by atoms with Gasteiger partial charge in [-0.05, 0) is 53.5 Å². The standard InChI is InChI=1S/C14H19IN2O/c1-10-6-2-4-8-12(10)16-14(18)17-13-9-5-3-7-11(13)15/h3,5,7,9-10,12H,2,4,6,8H2,1H3,(H2,16,17,18). The lowest BCUT2D eigenvalue weighted by Gasteiger charge is -2.29. The maximum atomic E-state index is 12.0. The summed E-state index contributed by atoms with van der Waals surface area (Å²) < 4.78 is 1.06. The molecule has 1 saturated carbocycles. The lowest BCUT2D eigenvalue weighted by molar-refractivity contribution is 0.232. The van der Waals surface area contributed by atoms with E-state index in [-0.39, 0.29) is 6.03 Å². The average molecular weight is 358 g/mol. The lowest BCUT2D eigenvalue weighted by Crippen LogP contribution is -2.43. The van der Waals surface area contributed by atoms with Crippen LogP contribution in [0.2, 0.25) is 0 Å². The Balaban J connectivity index is 1.90. The van der Waals surface area contributed by atoms with Crippen LogP contribution in [-0.2, 0) is 0 Å². The van der Waals surface area contributed by atoms with Gasteiger partial charge in [-0.15, -0.1) is 0 Å². The van der Waals surface area contributed by atoms with Gasteiger partial charge >= 0.3 is 6.03 Å². The van der Waals surface area contributed by atoms with Crippen molar-refractivity contribution in [1.29, 1.82) is 0 Å². The minimum atomic E-state index is -0.0853. The maximum absolute atomic E-state index is 12.0. The first-order valence-corrected chi connectivity index (χ1v) is 7.57. The smallest absolute Gasteiger partial charge is 0.319 e. The van der Waals surface area contributed by atoms with Crippen LogP contribution in [0.1, 0.15) is 32.6 Å². The van der Waals surface area contributed by atoms with Gasteiger partial charge in [0.2, 0.25) is 0 Å². The molecule has 2 amide bonds. The van der Waals surface area contributed by atoms with Crippen molar-refractivity contribution in [3.63, 3.8) is 0 Å². The summed E-state index contributed by atoms with van der Waals surface area (Å²) in [5.41, 5.74) is 0.874. The molecule has 1 aliphatic rings. The van der Waals surface area contributed by atoms with Gasteiger partial charge in [-0.2, -0.15) is 0 Å². The number of carbonyl (C=O) groups is 1. The summed E-state index contributed by atoms with van der Waals surface area (Å²) in [7, 11) is 0. The molecule has 0 aliphatic heterocycles. The number of rotatable bonds is 2. The molecule has 1 aliphatic carbocycles. The number of benzene rings is 1. The predicted octanol–water partition coefficient (Wildman–Crippen LogP) is 3.99. The fourth-order valence-electron chi connectivity index (χ4n) is 2.42. The van der Waals surface area contributed by atoms with Gasteiger partial charge in [0.25, 0.3) is 0 Å². The zero-order valence-electron chi connectivity index (χ0n) is 10.6. The van der Waals surface area contributed by atoms with Gasteiger partial charge in [-0.25, -0.2) is 4.79 Å². The highest BCUT2D eigenvalue weighted by Crippen LogP contribution is 2.24. The van der Waals surface area contributed by atoms with Crippen molar-refractivity contribution in [2.75, 3.05) is 5.32 Å². The summed E-state index contributed by atoms with van der Waals surface area (Å²) in [5, 5.41) is 6.01. The Morgan fingerprint density at radius 2 is 2.00 bits per heavy atom. The SMILES string of the molecule is CC1CCCCC1NC(=O)Nc1ccccc1I. The number of hydrogen-bond acceptors (Lipinski definition) is 1. The molecule has 0 radical (unpaired) electrons. The fourth-order valence-corrected chi connectivity index (χ4v) is 2.94. The van der Waals surface area contributed by atoms with E-state index in [1.54, 1.807) is 0 Å². The minimum Gasteiger partial charge on any atom is -0.335 e. The largest absolute Gasteiger partial charge is 0.335 e. The van der Waals surface area contributed by atoms with Crippen molar-refractivity contribution in [3.8, 4) is 0 Å². The van der Waals surface area contributed by atoms with Gasteiger partial charge in [0.05, 0.1) is 5.69 Å². The van der Waals surface area contributed by atoms with Gasteiger partial charge in [0, 0.05) is 9.61 Å². The predicted molar refractivity (Wildman–Crippen MR) is 82.7 cm³/mol. The van der Waals surface area contributed by atoms with Crippen molar-refractivity contribution in [3.05, 3.63) is 27.8 Å². The average Bonchev–Trinajstić information content (AvgIpc) is 2.35. The Hall–Kier alpha value is -0.780. The van der Waals surface area contributed by atoms with Crippen LogP contribution in [0.3, 0.4) is 0 Å². The van der Waals surface area contributed by atoms with Crippen LogP contribution in [0, 0.1) is 9.49 Å². The summed E-state index contributed by atoms with van der Waals surface area (Å²) >= 11 is 2.23. The van der Waals surface area contributed by atoms with Crippen LogP contribution in [0.15, 0.2) is 24.3 Å². The molecule has 0 spiro atoms. The van der Waals surface area contributed by atoms with E-state index in [2.05, 4.69) is 40.1 Å². The van der Waals surface area contributed by atoms with Crippen LogP contribution < -0.4 is 10.6 Å². The topological polar surface area (TPSA) is 41.1 Å². The zero-order valence-corrected chi connectivity index (χ0v) is 12.7. The molecule has 1 aromatic rings. The van der Waals surface area contributed by atoms with E-state index in [0.717, 1.165) is 15.7 Å². The molecule has 18 heavy (non-hydrogen) atoms. The number of para-hydroxylation sites is 1. The van der Waals surface area contributed by atoms with E-state index in [4.69, 9.17) is 0 Å². The highest BCUT2D eigenvalue weighted by Gasteiger charge is 2.22. The molecule has 0 heterocycles. The fraction of sp³-hybridized carbons (Fsp3) is 0.500. The second-order valence-electron chi connectivity index (χ2n) is 4.95. The highest BCUT2D eigenvalue weighted by molar-refractivity contribution is 14.1. The molecule has 2 atom stereocenters. The molecule has 4 heteroatoms. The van der Waals surface area contributed by atoms with Gasteiger partial charge in [-0.3, -0.25) is 0 Å². The zero-order chi connectivity index (χ0) is 13.0. The van der Waals surface area contributed by atoms with Gasteiger partial charge < -0.3 is 10.6 Å². The number of hydrogen-bond donors (Lipinski definition) is 2. The number of carbonyl (C=O) groups excluding carboxylic acids is 1. The third-order valence-electron chi connectivity index (χ3n) is 3.55. The summed E-state index contributed by atoms with van der Waals surface area (Å²) in [6.45, 7) is 2.22. The molecule has 3 nitrogen and oxygen atoms in total. The molecular formula is C14H19IN2O. The molecule has 1 aromatic carbocycles. The molecule has 0 bridgehead atoms. The second kappa shape index (κ2) is 6.41.